The van der Waals surface area contributed by atoms with Crippen LogP contribution in [0.3, 0.4) is 0 Å². The van der Waals surface area contributed by atoms with Gasteiger partial charge in [0.05, 0.1) is 17.1 Å². The minimum absolute atomic E-state index is 0.282. The van der Waals surface area contributed by atoms with Gasteiger partial charge in [-0.1, -0.05) is 11.6 Å². The van der Waals surface area contributed by atoms with Crippen LogP contribution in [0.1, 0.15) is 17.7 Å². The minimum Gasteiger partial charge on any atom is -0.391 e. The van der Waals surface area contributed by atoms with E-state index in [1.165, 1.54) is 0 Å². The number of halogens is 3. The van der Waals surface area contributed by atoms with Gasteiger partial charge in [0, 0.05) is 0 Å². The summed E-state index contributed by atoms with van der Waals surface area (Å²) in [4.78, 5) is 12.6. The molecule has 1 rings (SSSR count). The lowest BCUT2D eigenvalue weighted by atomic mass is 10.2. The lowest BCUT2D eigenvalue weighted by molar-refractivity contribution is -0.387. The molecule has 0 aromatic carbocycles. The number of hydrogen-bond donors (Lipinski definition) is 1. The fourth-order valence-electron chi connectivity index (χ4n) is 1.06. The Morgan fingerprint density at radius 1 is 1.67 bits per heavy atom. The molecule has 0 radical (unpaired) electrons. The number of rotatable bonds is 3. The highest BCUT2D eigenvalue weighted by atomic mass is 35.5. The van der Waals surface area contributed by atoms with Crippen LogP contribution in [0.15, 0.2) is 6.07 Å². The Hall–Kier alpha value is -1.34. The lowest BCUT2D eigenvalue weighted by Gasteiger charge is -2.05. The molecule has 5 nitrogen and oxygen atoms in total. The molecule has 0 unspecified atom stereocenters. The number of pyridine rings is 1. The van der Waals surface area contributed by atoms with Gasteiger partial charge in [-0.2, -0.15) is 0 Å². The average molecular weight is 239 g/mol. The van der Waals surface area contributed by atoms with E-state index in [0.717, 1.165) is 6.07 Å². The van der Waals surface area contributed by atoms with Crippen LogP contribution >= 0.6 is 11.6 Å². The molecular formula is C7H5ClF2N2O3. The van der Waals surface area contributed by atoms with Crippen molar-refractivity contribution in [3.05, 3.63) is 32.6 Å². The molecule has 82 valence electrons. The molecule has 0 amide bonds. The first kappa shape index (κ1) is 11.7. The zero-order valence-corrected chi connectivity index (χ0v) is 7.91. The normalized spacial score (nSPS) is 10.7. The van der Waals surface area contributed by atoms with E-state index >= 15 is 0 Å². The summed E-state index contributed by atoms with van der Waals surface area (Å²) in [5.74, 6) is 0. The lowest BCUT2D eigenvalue weighted by Crippen LogP contribution is -2.04. The summed E-state index contributed by atoms with van der Waals surface area (Å²) < 4.78 is 24.8. The van der Waals surface area contributed by atoms with Crippen LogP contribution in [0.25, 0.3) is 0 Å². The van der Waals surface area contributed by atoms with Crippen molar-refractivity contribution in [3.8, 4) is 0 Å². The van der Waals surface area contributed by atoms with Crippen molar-refractivity contribution in [1.82, 2.24) is 4.98 Å². The third-order valence-electron chi connectivity index (χ3n) is 1.63. The van der Waals surface area contributed by atoms with Gasteiger partial charge in [0.25, 0.3) is 6.43 Å². The molecule has 0 aliphatic carbocycles. The van der Waals surface area contributed by atoms with Crippen molar-refractivity contribution < 1.29 is 18.8 Å². The second-order valence-electron chi connectivity index (χ2n) is 2.55. The highest BCUT2D eigenvalue weighted by molar-refractivity contribution is 6.29. The van der Waals surface area contributed by atoms with Gasteiger partial charge in [0.1, 0.15) is 5.15 Å². The van der Waals surface area contributed by atoms with Gasteiger partial charge < -0.3 is 5.11 Å². The maximum absolute atomic E-state index is 12.4. The molecular weight excluding hydrogens is 234 g/mol. The summed E-state index contributed by atoms with van der Waals surface area (Å²) in [6.45, 7) is -0.752. The SMILES string of the molecule is O=[N+]([O-])c1c(CO)cc(Cl)nc1C(F)F. The van der Waals surface area contributed by atoms with Crippen molar-refractivity contribution in [1.29, 1.82) is 0 Å². The molecule has 0 spiro atoms. The van der Waals surface area contributed by atoms with Gasteiger partial charge in [0.15, 0.2) is 5.69 Å². The summed E-state index contributed by atoms with van der Waals surface area (Å²) in [6.07, 6.45) is -3.12. The Balaban J connectivity index is 3.47. The first-order valence-corrected chi connectivity index (χ1v) is 4.08. The van der Waals surface area contributed by atoms with Crippen molar-refractivity contribution in [2.24, 2.45) is 0 Å². The van der Waals surface area contributed by atoms with Crippen LogP contribution in [0.2, 0.25) is 5.15 Å². The first-order valence-electron chi connectivity index (χ1n) is 3.70. The van der Waals surface area contributed by atoms with E-state index in [-0.39, 0.29) is 10.7 Å². The van der Waals surface area contributed by atoms with Crippen LogP contribution in [-0.2, 0) is 6.61 Å². The Morgan fingerprint density at radius 3 is 2.67 bits per heavy atom. The molecule has 1 heterocycles. The molecule has 1 N–H and O–H groups in total. The van der Waals surface area contributed by atoms with Crippen LogP contribution < -0.4 is 0 Å². The highest BCUT2D eigenvalue weighted by Gasteiger charge is 2.28. The molecule has 0 saturated carbocycles. The summed E-state index contributed by atoms with van der Waals surface area (Å²) in [5, 5.41) is 18.9. The third-order valence-corrected chi connectivity index (χ3v) is 1.82. The molecule has 1 aromatic heterocycles. The first-order chi connectivity index (χ1) is 6.97. The standard InChI is InChI=1S/C7H5ClF2N2O3/c8-4-1-3(2-13)6(12(14)15)5(11-4)7(9)10/h1,7,13H,2H2. The quantitative estimate of drug-likeness (QED) is 0.497. The monoisotopic (exact) mass is 238 g/mol. The smallest absolute Gasteiger partial charge is 0.302 e. The molecule has 0 saturated heterocycles. The summed E-state index contributed by atoms with van der Waals surface area (Å²) in [7, 11) is 0. The maximum Gasteiger partial charge on any atom is 0.302 e. The fourth-order valence-corrected chi connectivity index (χ4v) is 1.28. The van der Waals surface area contributed by atoms with Crippen LogP contribution in [0.5, 0.6) is 0 Å². The number of nitro groups is 1. The second-order valence-corrected chi connectivity index (χ2v) is 2.94. The van der Waals surface area contributed by atoms with E-state index in [4.69, 9.17) is 16.7 Å². The van der Waals surface area contributed by atoms with E-state index in [1.807, 2.05) is 0 Å². The molecule has 15 heavy (non-hydrogen) atoms. The number of alkyl halides is 2. The number of aliphatic hydroxyl groups is 1. The topological polar surface area (TPSA) is 76.3 Å². The van der Waals surface area contributed by atoms with Crippen LogP contribution in [-0.4, -0.2) is 15.0 Å². The van der Waals surface area contributed by atoms with Gasteiger partial charge in [-0.25, -0.2) is 13.8 Å². The Kier molecular flexibility index (Phi) is 3.48. The van der Waals surface area contributed by atoms with E-state index < -0.39 is 29.3 Å². The molecule has 0 atom stereocenters. The zero-order chi connectivity index (χ0) is 11.6. The molecule has 0 aliphatic heterocycles. The van der Waals surface area contributed by atoms with Gasteiger partial charge in [-0.15, -0.1) is 0 Å². The van der Waals surface area contributed by atoms with Crippen molar-refractivity contribution >= 4 is 17.3 Å². The largest absolute Gasteiger partial charge is 0.391 e. The third kappa shape index (κ3) is 2.37. The minimum atomic E-state index is -3.12. The number of nitrogens with zero attached hydrogens (tertiary/aromatic N) is 2. The van der Waals surface area contributed by atoms with Gasteiger partial charge in [-0.3, -0.25) is 10.1 Å². The highest BCUT2D eigenvalue weighted by Crippen LogP contribution is 2.32. The fraction of sp³-hybridized carbons (Fsp3) is 0.286. The molecule has 8 heteroatoms. The molecule has 0 bridgehead atoms. The van der Waals surface area contributed by atoms with E-state index in [2.05, 4.69) is 4.98 Å². The van der Waals surface area contributed by atoms with Gasteiger partial charge in [-0.05, 0) is 6.07 Å². The van der Waals surface area contributed by atoms with Crippen molar-refractivity contribution in [3.63, 3.8) is 0 Å². The Morgan fingerprint density at radius 2 is 2.27 bits per heavy atom. The van der Waals surface area contributed by atoms with E-state index in [1.54, 1.807) is 0 Å². The number of hydrogen-bond acceptors (Lipinski definition) is 4. The summed E-state index contributed by atoms with van der Waals surface area (Å²) >= 11 is 5.37. The Bertz CT molecular complexity index is 400. The molecule has 0 fully saturated rings. The maximum atomic E-state index is 12.4. The van der Waals surface area contributed by atoms with Crippen molar-refractivity contribution in [2.75, 3.05) is 0 Å². The van der Waals surface area contributed by atoms with Gasteiger partial charge in [0.2, 0.25) is 0 Å². The molecule has 0 aliphatic rings. The zero-order valence-electron chi connectivity index (χ0n) is 7.15. The number of aliphatic hydroxyl groups excluding tert-OH is 1. The van der Waals surface area contributed by atoms with Crippen LogP contribution in [0, 0.1) is 10.1 Å². The second kappa shape index (κ2) is 4.45. The summed E-state index contributed by atoms with van der Waals surface area (Å²) in [6, 6.07) is 0.978. The molecule has 1 aromatic rings. The van der Waals surface area contributed by atoms with Crippen molar-refractivity contribution in [2.45, 2.75) is 13.0 Å². The van der Waals surface area contributed by atoms with E-state index in [9.17, 15) is 18.9 Å². The predicted molar refractivity (Wildman–Crippen MR) is 46.8 cm³/mol. The Labute approximate surface area is 87.5 Å². The average Bonchev–Trinajstić information content (AvgIpc) is 2.15. The predicted octanol–water partition coefficient (Wildman–Crippen LogP) is 2.07. The van der Waals surface area contributed by atoms with Gasteiger partial charge >= 0.3 is 5.69 Å². The van der Waals surface area contributed by atoms with E-state index in [0.29, 0.717) is 0 Å². The number of aromatic nitrogens is 1. The van der Waals surface area contributed by atoms with Crippen LogP contribution in [0.4, 0.5) is 14.5 Å². The summed E-state index contributed by atoms with van der Waals surface area (Å²) in [5.41, 5.74) is -2.20.